The van der Waals surface area contributed by atoms with Gasteiger partial charge >= 0.3 is 0 Å². The SMILES string of the molecule is CCOc1ccc(C(N)C(C)CC)cc1OCC. The van der Waals surface area contributed by atoms with Crippen molar-refractivity contribution < 1.29 is 9.47 Å². The van der Waals surface area contributed by atoms with Gasteiger partial charge in [0.25, 0.3) is 0 Å². The third-order valence-corrected chi connectivity index (χ3v) is 3.21. The van der Waals surface area contributed by atoms with Crippen molar-refractivity contribution in [2.24, 2.45) is 11.7 Å². The first-order chi connectivity index (χ1) is 8.63. The highest BCUT2D eigenvalue weighted by Crippen LogP contribution is 2.32. The zero-order valence-electron chi connectivity index (χ0n) is 11.9. The molecule has 1 aromatic rings. The highest BCUT2D eigenvalue weighted by molar-refractivity contribution is 5.44. The van der Waals surface area contributed by atoms with E-state index in [1.807, 2.05) is 32.0 Å². The van der Waals surface area contributed by atoms with Crippen LogP contribution in [-0.2, 0) is 0 Å². The number of nitrogens with two attached hydrogens (primary N) is 1. The fourth-order valence-corrected chi connectivity index (χ4v) is 1.86. The number of hydrogen-bond acceptors (Lipinski definition) is 3. The third-order valence-electron chi connectivity index (χ3n) is 3.21. The molecule has 0 heterocycles. The van der Waals surface area contributed by atoms with E-state index >= 15 is 0 Å². The third kappa shape index (κ3) is 3.64. The second-order valence-corrected chi connectivity index (χ2v) is 4.48. The Kier molecular flexibility index (Phi) is 5.99. The first-order valence-corrected chi connectivity index (χ1v) is 6.79. The van der Waals surface area contributed by atoms with E-state index in [2.05, 4.69) is 13.8 Å². The van der Waals surface area contributed by atoms with Gasteiger partial charge < -0.3 is 15.2 Å². The molecule has 0 spiro atoms. The van der Waals surface area contributed by atoms with Crippen molar-refractivity contribution in [3.8, 4) is 11.5 Å². The Morgan fingerprint density at radius 1 is 1.06 bits per heavy atom. The molecule has 0 aliphatic rings. The molecule has 3 heteroatoms. The zero-order chi connectivity index (χ0) is 13.5. The van der Waals surface area contributed by atoms with Crippen LogP contribution in [0.2, 0.25) is 0 Å². The quantitative estimate of drug-likeness (QED) is 0.806. The first kappa shape index (κ1) is 14.8. The maximum atomic E-state index is 6.24. The van der Waals surface area contributed by atoms with Crippen LogP contribution in [0, 0.1) is 5.92 Å². The predicted octanol–water partition coefficient (Wildman–Crippen LogP) is 3.53. The van der Waals surface area contributed by atoms with Gasteiger partial charge in [-0.3, -0.25) is 0 Å². The van der Waals surface area contributed by atoms with E-state index in [0.29, 0.717) is 19.1 Å². The van der Waals surface area contributed by atoms with Crippen LogP contribution in [0.1, 0.15) is 45.7 Å². The van der Waals surface area contributed by atoms with Crippen molar-refractivity contribution >= 4 is 0 Å². The van der Waals surface area contributed by atoms with E-state index in [4.69, 9.17) is 15.2 Å². The molecule has 18 heavy (non-hydrogen) atoms. The second-order valence-electron chi connectivity index (χ2n) is 4.48. The zero-order valence-corrected chi connectivity index (χ0v) is 11.9. The van der Waals surface area contributed by atoms with E-state index in [-0.39, 0.29) is 6.04 Å². The van der Waals surface area contributed by atoms with E-state index < -0.39 is 0 Å². The summed E-state index contributed by atoms with van der Waals surface area (Å²) in [6.07, 6.45) is 1.07. The van der Waals surface area contributed by atoms with Gasteiger partial charge in [-0.1, -0.05) is 26.3 Å². The number of ether oxygens (including phenoxy) is 2. The summed E-state index contributed by atoms with van der Waals surface area (Å²) in [7, 11) is 0. The molecule has 2 unspecified atom stereocenters. The van der Waals surface area contributed by atoms with Gasteiger partial charge in [0.05, 0.1) is 13.2 Å². The van der Waals surface area contributed by atoms with Crippen molar-refractivity contribution in [1.29, 1.82) is 0 Å². The van der Waals surface area contributed by atoms with Crippen LogP contribution in [-0.4, -0.2) is 13.2 Å². The minimum atomic E-state index is 0.0462. The molecule has 0 radical (unpaired) electrons. The molecular weight excluding hydrogens is 226 g/mol. The molecule has 3 nitrogen and oxygen atoms in total. The summed E-state index contributed by atoms with van der Waals surface area (Å²) in [6, 6.07) is 6.03. The molecule has 1 aromatic carbocycles. The fraction of sp³-hybridized carbons (Fsp3) is 0.600. The van der Waals surface area contributed by atoms with Crippen molar-refractivity contribution in [2.75, 3.05) is 13.2 Å². The summed E-state index contributed by atoms with van der Waals surface area (Å²) in [6.45, 7) is 9.52. The van der Waals surface area contributed by atoms with Crippen LogP contribution in [0.5, 0.6) is 11.5 Å². The lowest BCUT2D eigenvalue weighted by Gasteiger charge is -2.20. The van der Waals surface area contributed by atoms with Crippen LogP contribution in [0.4, 0.5) is 0 Å². The van der Waals surface area contributed by atoms with Crippen molar-refractivity contribution in [2.45, 2.75) is 40.2 Å². The Morgan fingerprint density at radius 3 is 2.22 bits per heavy atom. The minimum Gasteiger partial charge on any atom is -0.490 e. The van der Waals surface area contributed by atoms with E-state index in [1.54, 1.807) is 0 Å². The van der Waals surface area contributed by atoms with Crippen molar-refractivity contribution in [3.05, 3.63) is 23.8 Å². The smallest absolute Gasteiger partial charge is 0.161 e. The van der Waals surface area contributed by atoms with Gasteiger partial charge in [-0.2, -0.15) is 0 Å². The number of rotatable bonds is 7. The molecule has 0 fully saturated rings. The maximum Gasteiger partial charge on any atom is 0.161 e. The molecule has 0 saturated carbocycles. The van der Waals surface area contributed by atoms with E-state index in [9.17, 15) is 0 Å². The van der Waals surface area contributed by atoms with Gasteiger partial charge in [0.2, 0.25) is 0 Å². The van der Waals surface area contributed by atoms with Crippen molar-refractivity contribution in [3.63, 3.8) is 0 Å². The predicted molar refractivity (Wildman–Crippen MR) is 75.2 cm³/mol. The first-order valence-electron chi connectivity index (χ1n) is 6.79. The molecule has 2 atom stereocenters. The Hall–Kier alpha value is -1.22. The largest absolute Gasteiger partial charge is 0.490 e. The molecule has 2 N–H and O–H groups in total. The number of benzene rings is 1. The maximum absolute atomic E-state index is 6.24. The van der Waals surface area contributed by atoms with E-state index in [0.717, 1.165) is 23.5 Å². The molecule has 1 rings (SSSR count). The Balaban J connectivity index is 2.98. The van der Waals surface area contributed by atoms with Gasteiger partial charge in [-0.15, -0.1) is 0 Å². The van der Waals surface area contributed by atoms with Gasteiger partial charge in [0.1, 0.15) is 0 Å². The van der Waals surface area contributed by atoms with Crippen molar-refractivity contribution in [1.82, 2.24) is 0 Å². The van der Waals surface area contributed by atoms with Gasteiger partial charge in [-0.25, -0.2) is 0 Å². The summed E-state index contributed by atoms with van der Waals surface area (Å²) in [5, 5.41) is 0. The van der Waals surface area contributed by atoms with Gasteiger partial charge in [-0.05, 0) is 37.5 Å². The molecular formula is C15H25NO2. The van der Waals surface area contributed by atoms with Crippen LogP contribution in [0.25, 0.3) is 0 Å². The summed E-state index contributed by atoms with van der Waals surface area (Å²) in [5.74, 6) is 2.03. The van der Waals surface area contributed by atoms with Gasteiger partial charge in [0.15, 0.2) is 11.5 Å². The average molecular weight is 251 g/mol. The lowest BCUT2D eigenvalue weighted by atomic mass is 9.93. The summed E-state index contributed by atoms with van der Waals surface area (Å²) >= 11 is 0. The molecule has 0 saturated heterocycles. The fourth-order valence-electron chi connectivity index (χ4n) is 1.86. The summed E-state index contributed by atoms with van der Waals surface area (Å²) in [5.41, 5.74) is 7.35. The molecule has 0 amide bonds. The lowest BCUT2D eigenvalue weighted by Crippen LogP contribution is -2.18. The Bertz CT molecular complexity index is 366. The number of hydrogen-bond donors (Lipinski definition) is 1. The standard InChI is InChI=1S/C15H25NO2/c1-5-11(4)15(16)12-8-9-13(17-6-2)14(10-12)18-7-3/h8-11,15H,5-7,16H2,1-4H3. The Morgan fingerprint density at radius 2 is 1.67 bits per heavy atom. The highest BCUT2D eigenvalue weighted by atomic mass is 16.5. The minimum absolute atomic E-state index is 0.0462. The van der Waals surface area contributed by atoms with Crippen LogP contribution in [0.15, 0.2) is 18.2 Å². The summed E-state index contributed by atoms with van der Waals surface area (Å²) in [4.78, 5) is 0. The van der Waals surface area contributed by atoms with Gasteiger partial charge in [0, 0.05) is 6.04 Å². The summed E-state index contributed by atoms with van der Waals surface area (Å²) < 4.78 is 11.2. The molecule has 0 aromatic heterocycles. The Labute approximate surface area is 110 Å². The van der Waals surface area contributed by atoms with Crippen LogP contribution < -0.4 is 15.2 Å². The van der Waals surface area contributed by atoms with Crippen LogP contribution in [0.3, 0.4) is 0 Å². The molecule has 102 valence electrons. The van der Waals surface area contributed by atoms with E-state index in [1.165, 1.54) is 0 Å². The topological polar surface area (TPSA) is 44.5 Å². The monoisotopic (exact) mass is 251 g/mol. The lowest BCUT2D eigenvalue weighted by molar-refractivity contribution is 0.287. The molecule has 0 aliphatic heterocycles. The normalized spacial score (nSPS) is 14.1. The van der Waals surface area contributed by atoms with Crippen LogP contribution >= 0.6 is 0 Å². The highest BCUT2D eigenvalue weighted by Gasteiger charge is 2.15. The molecule has 0 bridgehead atoms. The molecule has 0 aliphatic carbocycles. The average Bonchev–Trinajstić information content (AvgIpc) is 2.39. The second kappa shape index (κ2) is 7.27.